The van der Waals surface area contributed by atoms with E-state index in [9.17, 15) is 38.4 Å². The van der Waals surface area contributed by atoms with Gasteiger partial charge in [-0.2, -0.15) is 9.58 Å². The molecule has 0 bridgehead atoms. The topological polar surface area (TPSA) is 289 Å². The van der Waals surface area contributed by atoms with Crippen LogP contribution in [0.4, 0.5) is 9.59 Å². The number of carbonyl (C=O) groups excluding carboxylic acids is 8. The van der Waals surface area contributed by atoms with Gasteiger partial charge in [-0.05, 0) is 82.1 Å². The molecule has 0 spiro atoms. The molecular weight excluding hydrogens is 716 g/mol. The van der Waals surface area contributed by atoms with Gasteiger partial charge in [0.1, 0.15) is 12.1 Å². The van der Waals surface area contributed by atoms with Crippen molar-refractivity contribution in [1.82, 2.24) is 10.6 Å². The largest absolute Gasteiger partial charge is 0.461 e. The predicted octanol–water partition coefficient (Wildman–Crippen LogP) is 3.24. The second-order valence-electron chi connectivity index (χ2n) is 14.1. The number of ketones is 2. The van der Waals surface area contributed by atoms with Crippen LogP contribution in [0, 0.1) is 10.8 Å². The Morgan fingerprint density at radius 1 is 0.537 bits per heavy atom. The highest BCUT2D eigenvalue weighted by Crippen LogP contribution is 2.18. The molecule has 20 nitrogen and oxygen atoms in total. The average molecular weight is 771 g/mol. The first kappa shape index (κ1) is 50.6. The van der Waals surface area contributed by atoms with E-state index in [4.69, 9.17) is 39.5 Å². The van der Waals surface area contributed by atoms with E-state index in [1.807, 2.05) is 0 Å². The molecule has 0 fully saturated rings. The molecule has 54 heavy (non-hydrogen) atoms. The van der Waals surface area contributed by atoms with Crippen molar-refractivity contribution in [3.63, 3.8) is 0 Å². The van der Waals surface area contributed by atoms with Crippen LogP contribution in [0.1, 0.15) is 109 Å². The SMILES string of the molecule is CC(C)OC(=O)[C@H](CCC(=O)C=[N+]=[N-])NC(=O)O[C@@H](C)OC(=O)C(C)(C)C.CC(C)OC(=O)[C@H](CCC(=O)C=[N+]=[N-])NC(=O)O[C@H](C)OC(=O)C(C)(C)C. The van der Waals surface area contributed by atoms with Gasteiger partial charge < -0.3 is 50.1 Å². The van der Waals surface area contributed by atoms with E-state index in [1.54, 1.807) is 69.2 Å². The molecule has 0 radical (unpaired) electrons. The highest BCUT2D eigenvalue weighted by atomic mass is 16.7. The standard InChI is InChI=1S/2C17H27N3O7/c2*1-10(2)25-14(22)13(8-7-12(21)9-19-18)20-16(24)27-11(3)26-15(23)17(4,5)6/h2*9-11,13H,7-8H2,1-6H3,(H,20,24)/t11-,13+;11-,13-/m10/s1. The molecule has 0 saturated heterocycles. The van der Waals surface area contributed by atoms with Crippen molar-refractivity contribution in [1.29, 1.82) is 0 Å². The molecule has 0 heterocycles. The van der Waals surface area contributed by atoms with Gasteiger partial charge in [-0.15, -0.1) is 0 Å². The average Bonchev–Trinajstić information content (AvgIpc) is 2.99. The Kier molecular flexibility index (Phi) is 23.2. The van der Waals surface area contributed by atoms with Crippen molar-refractivity contribution in [3.8, 4) is 0 Å². The van der Waals surface area contributed by atoms with Crippen molar-refractivity contribution in [2.45, 2.75) is 146 Å². The fraction of sp³-hybridized carbons (Fsp3) is 0.706. The Morgan fingerprint density at radius 2 is 0.833 bits per heavy atom. The number of nitrogens with zero attached hydrogens (tertiary/aromatic N) is 4. The van der Waals surface area contributed by atoms with E-state index in [2.05, 4.69) is 20.2 Å². The monoisotopic (exact) mass is 770 g/mol. The van der Waals surface area contributed by atoms with E-state index in [-0.39, 0.29) is 25.7 Å². The summed E-state index contributed by atoms with van der Waals surface area (Å²) in [6, 6.07) is -2.33. The van der Waals surface area contributed by atoms with Crippen LogP contribution in [0.2, 0.25) is 0 Å². The number of hydrogen-bond donors (Lipinski definition) is 2. The zero-order valence-corrected chi connectivity index (χ0v) is 33.0. The van der Waals surface area contributed by atoms with Gasteiger partial charge in [0.15, 0.2) is 0 Å². The molecule has 0 aliphatic rings. The van der Waals surface area contributed by atoms with E-state index in [0.29, 0.717) is 12.4 Å². The van der Waals surface area contributed by atoms with Gasteiger partial charge in [0.05, 0.1) is 23.0 Å². The molecule has 304 valence electrons. The molecule has 20 heteroatoms. The van der Waals surface area contributed by atoms with Crippen molar-refractivity contribution in [2.75, 3.05) is 0 Å². The first-order valence-electron chi connectivity index (χ1n) is 16.9. The molecule has 2 amide bonds. The zero-order chi connectivity index (χ0) is 42.4. The van der Waals surface area contributed by atoms with Crippen LogP contribution in [0.25, 0.3) is 11.1 Å². The summed E-state index contributed by atoms with van der Waals surface area (Å²) < 4.78 is 29.8. The number of amides is 2. The Balaban J connectivity index is 0. The lowest BCUT2D eigenvalue weighted by Crippen LogP contribution is -2.44. The highest BCUT2D eigenvalue weighted by Gasteiger charge is 2.30. The van der Waals surface area contributed by atoms with Crippen LogP contribution in [-0.2, 0) is 57.2 Å². The van der Waals surface area contributed by atoms with Crippen LogP contribution >= 0.6 is 0 Å². The second kappa shape index (κ2) is 24.7. The van der Waals surface area contributed by atoms with Crippen LogP contribution in [0.5, 0.6) is 0 Å². The summed E-state index contributed by atoms with van der Waals surface area (Å²) in [6.45, 7) is 19.1. The maximum absolute atomic E-state index is 12.1. The number of Topliss-reactive ketones (excluding diaryl/α,β-unsaturated/α-hetero) is 2. The molecule has 0 saturated carbocycles. The third-order valence-corrected chi connectivity index (χ3v) is 5.94. The summed E-state index contributed by atoms with van der Waals surface area (Å²) in [6.07, 6.45) is -4.40. The third-order valence-electron chi connectivity index (χ3n) is 5.94. The molecule has 0 aliphatic carbocycles. The summed E-state index contributed by atoms with van der Waals surface area (Å²) in [4.78, 5) is 99.7. The van der Waals surface area contributed by atoms with Gasteiger partial charge in [0, 0.05) is 26.7 Å². The Morgan fingerprint density at radius 3 is 1.07 bits per heavy atom. The molecular formula is C34H54N6O14. The molecule has 0 aromatic carbocycles. The van der Waals surface area contributed by atoms with Gasteiger partial charge in [-0.3, -0.25) is 19.2 Å². The minimum atomic E-state index is -1.18. The highest BCUT2D eigenvalue weighted by molar-refractivity contribution is 6.25. The van der Waals surface area contributed by atoms with Crippen molar-refractivity contribution in [2.24, 2.45) is 10.8 Å². The summed E-state index contributed by atoms with van der Waals surface area (Å²) in [7, 11) is 0. The molecule has 0 aromatic rings. The van der Waals surface area contributed by atoms with E-state index in [0.717, 1.165) is 0 Å². The van der Waals surface area contributed by atoms with Gasteiger partial charge in [-0.1, -0.05) is 0 Å². The summed E-state index contributed by atoms with van der Waals surface area (Å²) in [5.41, 5.74) is 15.1. The molecule has 4 atom stereocenters. The van der Waals surface area contributed by atoms with Crippen LogP contribution in [0.3, 0.4) is 0 Å². The minimum Gasteiger partial charge on any atom is -0.461 e. The molecule has 0 unspecified atom stereocenters. The molecule has 0 aliphatic heterocycles. The summed E-state index contributed by atoms with van der Waals surface area (Å²) in [5.74, 6) is -3.71. The maximum Gasteiger partial charge on any atom is 0.410 e. The third kappa shape index (κ3) is 24.7. The van der Waals surface area contributed by atoms with Gasteiger partial charge >= 0.3 is 48.5 Å². The maximum atomic E-state index is 12.1. The van der Waals surface area contributed by atoms with E-state index >= 15 is 0 Å². The lowest BCUT2D eigenvalue weighted by atomic mass is 9.97. The normalized spacial score (nSPS) is 13.0. The van der Waals surface area contributed by atoms with E-state index in [1.165, 1.54) is 13.8 Å². The zero-order valence-electron chi connectivity index (χ0n) is 33.0. The number of nitrogens with one attached hydrogen (secondary N) is 2. The first-order chi connectivity index (χ1) is 24.7. The lowest BCUT2D eigenvalue weighted by molar-refractivity contribution is -0.175. The predicted molar refractivity (Wildman–Crippen MR) is 187 cm³/mol. The summed E-state index contributed by atoms with van der Waals surface area (Å²) >= 11 is 0. The van der Waals surface area contributed by atoms with Crippen molar-refractivity contribution < 1.29 is 76.4 Å². The van der Waals surface area contributed by atoms with Gasteiger partial charge in [0.2, 0.25) is 24.1 Å². The molecule has 0 rings (SSSR count). The smallest absolute Gasteiger partial charge is 0.410 e. The van der Waals surface area contributed by atoms with Gasteiger partial charge in [-0.25, -0.2) is 19.2 Å². The number of ether oxygens (including phenoxy) is 6. The van der Waals surface area contributed by atoms with Crippen molar-refractivity contribution >= 4 is 60.1 Å². The molecule has 2 N–H and O–H groups in total. The van der Waals surface area contributed by atoms with Gasteiger partial charge in [0.25, 0.3) is 0 Å². The number of rotatable bonds is 18. The quantitative estimate of drug-likeness (QED) is 0.0505. The first-order valence-corrected chi connectivity index (χ1v) is 16.9. The lowest BCUT2D eigenvalue weighted by Gasteiger charge is -2.22. The fourth-order valence-corrected chi connectivity index (χ4v) is 3.32. The number of esters is 4. The number of alkyl carbamates (subject to hydrolysis) is 2. The fourth-order valence-electron chi connectivity index (χ4n) is 3.32. The summed E-state index contributed by atoms with van der Waals surface area (Å²) in [5, 5.41) is 4.55. The van der Waals surface area contributed by atoms with Crippen LogP contribution < -0.4 is 10.6 Å². The molecule has 0 aromatic heterocycles. The Bertz CT molecular complexity index is 1310. The Labute approximate surface area is 314 Å². The van der Waals surface area contributed by atoms with Crippen molar-refractivity contribution in [3.05, 3.63) is 11.1 Å². The van der Waals surface area contributed by atoms with Crippen LogP contribution in [-0.4, -0.2) is 107 Å². The second-order valence-corrected chi connectivity index (χ2v) is 14.1. The number of carbonyl (C=O) groups is 8. The van der Waals surface area contributed by atoms with E-state index < -0.39 is 95.3 Å². The minimum absolute atomic E-state index is 0.0956. The van der Waals surface area contributed by atoms with Crippen LogP contribution in [0.15, 0.2) is 0 Å². The Hall–Kier alpha value is -5.48. The number of hydrogen-bond acceptors (Lipinski definition) is 14.